The van der Waals surface area contributed by atoms with E-state index in [0.717, 1.165) is 37.6 Å². The van der Waals surface area contributed by atoms with Crippen LogP contribution in [0.2, 0.25) is 0 Å². The summed E-state index contributed by atoms with van der Waals surface area (Å²) in [5, 5.41) is 3.44. The van der Waals surface area contributed by atoms with Crippen LogP contribution >= 0.6 is 0 Å². The van der Waals surface area contributed by atoms with Crippen molar-refractivity contribution in [3.8, 4) is 5.88 Å². The van der Waals surface area contributed by atoms with Crippen molar-refractivity contribution < 1.29 is 4.74 Å². The van der Waals surface area contributed by atoms with Crippen LogP contribution in [0.3, 0.4) is 0 Å². The first-order valence-corrected chi connectivity index (χ1v) is 7.07. The van der Waals surface area contributed by atoms with Crippen molar-refractivity contribution in [3.05, 3.63) is 11.9 Å². The fourth-order valence-corrected chi connectivity index (χ4v) is 2.72. The lowest BCUT2D eigenvalue weighted by Crippen LogP contribution is -2.40. The standard InChI is InChI=1S/C14H24N4O/c1-4-15-8-12-6-5-7-18(9-12)13-11(2)14(19-3)17-10-16-13/h10,12,15H,4-9H2,1-3H3. The van der Waals surface area contributed by atoms with Crippen molar-refractivity contribution in [2.24, 2.45) is 5.92 Å². The molecule has 0 spiro atoms. The molecule has 2 heterocycles. The van der Waals surface area contributed by atoms with Gasteiger partial charge in [-0.25, -0.2) is 9.97 Å². The van der Waals surface area contributed by atoms with E-state index < -0.39 is 0 Å². The number of nitrogens with zero attached hydrogens (tertiary/aromatic N) is 3. The molecule has 5 nitrogen and oxygen atoms in total. The second kappa shape index (κ2) is 6.70. The maximum Gasteiger partial charge on any atom is 0.221 e. The average molecular weight is 264 g/mol. The Bertz CT molecular complexity index is 410. The Hall–Kier alpha value is -1.36. The molecule has 1 N–H and O–H groups in total. The number of anilines is 1. The molecule has 19 heavy (non-hydrogen) atoms. The molecule has 1 fully saturated rings. The Kier molecular flexibility index (Phi) is 4.96. The van der Waals surface area contributed by atoms with E-state index in [9.17, 15) is 0 Å². The predicted molar refractivity (Wildman–Crippen MR) is 76.8 cm³/mol. The van der Waals surface area contributed by atoms with Crippen molar-refractivity contribution >= 4 is 5.82 Å². The SMILES string of the molecule is CCNCC1CCCN(c2ncnc(OC)c2C)C1. The van der Waals surface area contributed by atoms with Gasteiger partial charge in [-0.3, -0.25) is 0 Å². The quantitative estimate of drug-likeness (QED) is 0.876. The third-order valence-corrected chi connectivity index (χ3v) is 3.71. The molecule has 1 atom stereocenters. The minimum atomic E-state index is 0.679. The van der Waals surface area contributed by atoms with E-state index in [4.69, 9.17) is 4.74 Å². The lowest BCUT2D eigenvalue weighted by molar-refractivity contribution is 0.384. The first kappa shape index (κ1) is 14.1. The van der Waals surface area contributed by atoms with Gasteiger partial charge >= 0.3 is 0 Å². The fourth-order valence-electron chi connectivity index (χ4n) is 2.72. The van der Waals surface area contributed by atoms with E-state index >= 15 is 0 Å². The third-order valence-electron chi connectivity index (χ3n) is 3.71. The van der Waals surface area contributed by atoms with Gasteiger partial charge in [0.1, 0.15) is 12.1 Å². The number of hydrogen-bond acceptors (Lipinski definition) is 5. The van der Waals surface area contributed by atoms with Crippen LogP contribution in [0, 0.1) is 12.8 Å². The van der Waals surface area contributed by atoms with Gasteiger partial charge in [0.05, 0.1) is 12.7 Å². The summed E-state index contributed by atoms with van der Waals surface area (Å²) in [7, 11) is 1.66. The van der Waals surface area contributed by atoms with Crippen LogP contribution in [-0.4, -0.2) is 43.3 Å². The zero-order chi connectivity index (χ0) is 13.7. The summed E-state index contributed by atoms with van der Waals surface area (Å²) in [6.45, 7) is 8.45. The van der Waals surface area contributed by atoms with Crippen molar-refractivity contribution in [3.63, 3.8) is 0 Å². The lowest BCUT2D eigenvalue weighted by atomic mass is 9.97. The second-order valence-corrected chi connectivity index (χ2v) is 5.09. The molecular formula is C14H24N4O. The van der Waals surface area contributed by atoms with Gasteiger partial charge in [0.25, 0.3) is 0 Å². The maximum absolute atomic E-state index is 5.28. The molecule has 5 heteroatoms. The van der Waals surface area contributed by atoms with Gasteiger partial charge in [-0.2, -0.15) is 0 Å². The van der Waals surface area contributed by atoms with E-state index in [0.29, 0.717) is 11.8 Å². The van der Waals surface area contributed by atoms with Crippen LogP contribution < -0.4 is 15.0 Å². The summed E-state index contributed by atoms with van der Waals surface area (Å²) >= 11 is 0. The molecular weight excluding hydrogens is 240 g/mol. The van der Waals surface area contributed by atoms with E-state index in [-0.39, 0.29) is 0 Å². The van der Waals surface area contributed by atoms with Gasteiger partial charge in [0, 0.05) is 13.1 Å². The molecule has 0 aliphatic carbocycles. The monoisotopic (exact) mass is 264 g/mol. The van der Waals surface area contributed by atoms with Gasteiger partial charge in [0.2, 0.25) is 5.88 Å². The van der Waals surface area contributed by atoms with Crippen LogP contribution in [0.1, 0.15) is 25.3 Å². The first-order valence-electron chi connectivity index (χ1n) is 7.07. The fraction of sp³-hybridized carbons (Fsp3) is 0.714. The Morgan fingerprint density at radius 2 is 2.32 bits per heavy atom. The first-order chi connectivity index (χ1) is 9.26. The molecule has 0 aromatic carbocycles. The van der Waals surface area contributed by atoms with E-state index in [1.165, 1.54) is 12.8 Å². The summed E-state index contributed by atoms with van der Waals surface area (Å²) < 4.78 is 5.28. The predicted octanol–water partition coefficient (Wildman–Crippen LogP) is 1.62. The normalized spacial score (nSPS) is 19.5. The molecule has 0 bridgehead atoms. The largest absolute Gasteiger partial charge is 0.481 e. The van der Waals surface area contributed by atoms with Crippen molar-refractivity contribution in [2.75, 3.05) is 38.2 Å². The van der Waals surface area contributed by atoms with Crippen molar-refractivity contribution in [1.29, 1.82) is 0 Å². The highest BCUT2D eigenvalue weighted by Crippen LogP contribution is 2.27. The van der Waals surface area contributed by atoms with Crippen LogP contribution in [0.5, 0.6) is 5.88 Å². The van der Waals surface area contributed by atoms with Gasteiger partial charge in [-0.1, -0.05) is 6.92 Å². The molecule has 2 rings (SSSR count). The average Bonchev–Trinajstić information content (AvgIpc) is 2.45. The third kappa shape index (κ3) is 3.35. The number of methoxy groups -OCH3 is 1. The number of hydrogen-bond donors (Lipinski definition) is 1. The smallest absolute Gasteiger partial charge is 0.221 e. The van der Waals surface area contributed by atoms with Gasteiger partial charge in [-0.05, 0) is 38.8 Å². The second-order valence-electron chi connectivity index (χ2n) is 5.09. The number of piperidine rings is 1. The van der Waals surface area contributed by atoms with Crippen LogP contribution in [0.25, 0.3) is 0 Å². The highest BCUT2D eigenvalue weighted by molar-refractivity contribution is 5.50. The summed E-state index contributed by atoms with van der Waals surface area (Å²) in [4.78, 5) is 11.0. The van der Waals surface area contributed by atoms with E-state index in [1.807, 2.05) is 6.92 Å². The highest BCUT2D eigenvalue weighted by Gasteiger charge is 2.22. The molecule has 0 radical (unpaired) electrons. The van der Waals surface area contributed by atoms with Crippen molar-refractivity contribution in [1.82, 2.24) is 15.3 Å². The molecule has 1 aromatic heterocycles. The number of ether oxygens (including phenoxy) is 1. The number of aromatic nitrogens is 2. The molecule has 0 amide bonds. The van der Waals surface area contributed by atoms with Crippen LogP contribution in [0.15, 0.2) is 6.33 Å². The number of rotatable bonds is 5. The molecule has 1 aliphatic heterocycles. The summed E-state index contributed by atoms with van der Waals surface area (Å²) in [6.07, 6.45) is 4.11. The van der Waals surface area contributed by atoms with Crippen LogP contribution in [0.4, 0.5) is 5.82 Å². The Balaban J connectivity index is 2.08. The molecule has 1 unspecified atom stereocenters. The number of nitrogens with one attached hydrogen (secondary N) is 1. The summed E-state index contributed by atoms with van der Waals surface area (Å²) in [6, 6.07) is 0. The summed E-state index contributed by atoms with van der Waals surface area (Å²) in [5.41, 5.74) is 1.04. The minimum absolute atomic E-state index is 0.679. The van der Waals surface area contributed by atoms with Gasteiger partial charge in [0.15, 0.2) is 0 Å². The zero-order valence-electron chi connectivity index (χ0n) is 12.1. The van der Waals surface area contributed by atoms with E-state index in [1.54, 1.807) is 13.4 Å². The Morgan fingerprint density at radius 3 is 3.05 bits per heavy atom. The lowest BCUT2D eigenvalue weighted by Gasteiger charge is -2.34. The molecule has 1 saturated heterocycles. The molecule has 1 aliphatic rings. The molecule has 106 valence electrons. The Labute approximate surface area is 115 Å². The molecule has 1 aromatic rings. The Morgan fingerprint density at radius 1 is 1.47 bits per heavy atom. The van der Waals surface area contributed by atoms with Gasteiger partial charge < -0.3 is 15.0 Å². The maximum atomic E-state index is 5.28. The topological polar surface area (TPSA) is 50.3 Å². The van der Waals surface area contributed by atoms with Crippen LogP contribution in [-0.2, 0) is 0 Å². The minimum Gasteiger partial charge on any atom is -0.481 e. The molecule has 0 saturated carbocycles. The van der Waals surface area contributed by atoms with E-state index in [2.05, 4.69) is 27.1 Å². The summed E-state index contributed by atoms with van der Waals surface area (Å²) in [5.74, 6) is 2.40. The van der Waals surface area contributed by atoms with Gasteiger partial charge in [-0.15, -0.1) is 0 Å². The highest BCUT2D eigenvalue weighted by atomic mass is 16.5. The van der Waals surface area contributed by atoms with Crippen molar-refractivity contribution in [2.45, 2.75) is 26.7 Å². The zero-order valence-corrected chi connectivity index (χ0v) is 12.1.